The minimum absolute atomic E-state index is 0.0302. The molecule has 1 heterocycles. The van der Waals surface area contributed by atoms with E-state index in [1.165, 1.54) is 13.2 Å². The van der Waals surface area contributed by atoms with Crippen molar-refractivity contribution < 1.29 is 18.3 Å². The van der Waals surface area contributed by atoms with E-state index in [0.29, 0.717) is 23.5 Å². The Labute approximate surface area is 115 Å². The molecule has 0 aliphatic carbocycles. The summed E-state index contributed by atoms with van der Waals surface area (Å²) in [4.78, 5) is 0. The summed E-state index contributed by atoms with van der Waals surface area (Å²) in [7, 11) is 1.39. The van der Waals surface area contributed by atoms with E-state index in [1.807, 2.05) is 6.92 Å². The molecule has 5 nitrogen and oxygen atoms in total. The Bertz CT molecular complexity index is 559. The first-order valence-electron chi connectivity index (χ1n) is 6.04. The van der Waals surface area contributed by atoms with Gasteiger partial charge in [0.25, 0.3) is 0 Å². The topological polar surface area (TPSA) is 69.2 Å². The van der Waals surface area contributed by atoms with Crippen molar-refractivity contribution in [3.8, 4) is 11.5 Å². The summed E-state index contributed by atoms with van der Waals surface area (Å²) >= 11 is 0. The van der Waals surface area contributed by atoms with E-state index in [4.69, 9.17) is 10.5 Å². The van der Waals surface area contributed by atoms with E-state index < -0.39 is 6.61 Å². The Morgan fingerprint density at radius 1 is 1.30 bits per heavy atom. The summed E-state index contributed by atoms with van der Waals surface area (Å²) in [5.74, 6) is 0.720. The molecule has 0 saturated carbocycles. The van der Waals surface area contributed by atoms with Gasteiger partial charge in [-0.05, 0) is 18.2 Å². The molecule has 108 valence electrons. The van der Waals surface area contributed by atoms with Crippen molar-refractivity contribution in [1.29, 1.82) is 0 Å². The Hall–Kier alpha value is -2.18. The van der Waals surface area contributed by atoms with Gasteiger partial charge in [0, 0.05) is 17.9 Å². The monoisotopic (exact) mass is 283 g/mol. The number of benzene rings is 1. The van der Waals surface area contributed by atoms with E-state index >= 15 is 0 Å². The van der Waals surface area contributed by atoms with Crippen LogP contribution in [0.15, 0.2) is 28.4 Å². The minimum atomic E-state index is -2.92. The first-order valence-corrected chi connectivity index (χ1v) is 6.04. The molecule has 0 aromatic heterocycles. The molecule has 1 aromatic rings. The van der Waals surface area contributed by atoms with E-state index in [2.05, 4.69) is 14.9 Å². The lowest BCUT2D eigenvalue weighted by Crippen LogP contribution is -2.25. The van der Waals surface area contributed by atoms with Gasteiger partial charge in [-0.15, -0.1) is 5.10 Å². The zero-order valence-corrected chi connectivity index (χ0v) is 11.1. The summed E-state index contributed by atoms with van der Waals surface area (Å²) in [6.07, 6.45) is 0.579. The molecule has 2 rings (SSSR count). The highest BCUT2D eigenvalue weighted by Crippen LogP contribution is 2.31. The molecule has 1 aromatic carbocycles. The maximum Gasteiger partial charge on any atom is 0.387 e. The molecule has 0 bridgehead atoms. The van der Waals surface area contributed by atoms with E-state index in [0.717, 1.165) is 0 Å². The van der Waals surface area contributed by atoms with Crippen LogP contribution >= 0.6 is 0 Å². The van der Waals surface area contributed by atoms with Crippen molar-refractivity contribution in [1.82, 2.24) is 0 Å². The normalized spacial score (nSPS) is 18.6. The van der Waals surface area contributed by atoms with Gasteiger partial charge in [0.1, 0.15) is 5.84 Å². The fourth-order valence-electron chi connectivity index (χ4n) is 2.03. The van der Waals surface area contributed by atoms with Crippen LogP contribution in [0.4, 0.5) is 8.78 Å². The summed E-state index contributed by atoms with van der Waals surface area (Å²) in [5.41, 5.74) is 6.94. The smallest absolute Gasteiger partial charge is 0.387 e. The summed E-state index contributed by atoms with van der Waals surface area (Å²) in [6, 6.07) is 4.75. The average Bonchev–Trinajstić information content (AvgIpc) is 2.38. The summed E-state index contributed by atoms with van der Waals surface area (Å²) in [6.45, 7) is -0.975. The van der Waals surface area contributed by atoms with Crippen LogP contribution in [0.2, 0.25) is 0 Å². The van der Waals surface area contributed by atoms with Gasteiger partial charge < -0.3 is 15.2 Å². The quantitative estimate of drug-likeness (QED) is 0.922. The van der Waals surface area contributed by atoms with Crippen molar-refractivity contribution in [2.45, 2.75) is 20.0 Å². The lowest BCUT2D eigenvalue weighted by molar-refractivity contribution is -0.0512. The number of hydrogen-bond donors (Lipinski definition) is 1. The van der Waals surface area contributed by atoms with Crippen LogP contribution in [0.1, 0.15) is 18.9 Å². The standard InChI is InChI=1S/C13H15F2N3O2/c1-7-5-11(16)17-18-12(7)8-3-4-9(19-2)10(6-8)20-13(14)15/h3-4,6-7,13H,5H2,1-2H3,(H2,16,17). The van der Waals surface area contributed by atoms with Crippen molar-refractivity contribution in [2.75, 3.05) is 7.11 Å². The molecule has 1 aliphatic rings. The number of rotatable bonds is 4. The van der Waals surface area contributed by atoms with Crippen molar-refractivity contribution in [3.63, 3.8) is 0 Å². The molecule has 0 fully saturated rings. The van der Waals surface area contributed by atoms with Gasteiger partial charge in [-0.1, -0.05) is 6.92 Å². The zero-order chi connectivity index (χ0) is 14.7. The van der Waals surface area contributed by atoms with E-state index in [9.17, 15) is 8.78 Å². The average molecular weight is 283 g/mol. The summed E-state index contributed by atoms with van der Waals surface area (Å²) < 4.78 is 34.2. The third-order valence-corrected chi connectivity index (χ3v) is 2.94. The number of hydrogen-bond acceptors (Lipinski definition) is 5. The van der Waals surface area contributed by atoms with Crippen LogP contribution in [0.5, 0.6) is 11.5 Å². The minimum Gasteiger partial charge on any atom is -0.493 e. The number of amidine groups is 1. The van der Waals surface area contributed by atoms with Gasteiger partial charge in [0.05, 0.1) is 12.8 Å². The molecule has 0 saturated heterocycles. The van der Waals surface area contributed by atoms with Crippen LogP contribution in [-0.2, 0) is 0 Å². The molecule has 2 N–H and O–H groups in total. The van der Waals surface area contributed by atoms with Gasteiger partial charge >= 0.3 is 6.61 Å². The van der Waals surface area contributed by atoms with Crippen LogP contribution in [-0.4, -0.2) is 25.3 Å². The third-order valence-electron chi connectivity index (χ3n) is 2.94. The van der Waals surface area contributed by atoms with Crippen LogP contribution in [0.25, 0.3) is 0 Å². The zero-order valence-electron chi connectivity index (χ0n) is 11.1. The molecular formula is C13H15F2N3O2. The number of alkyl halides is 2. The Balaban J connectivity index is 2.38. The number of nitrogens with zero attached hydrogens (tertiary/aromatic N) is 2. The fourth-order valence-corrected chi connectivity index (χ4v) is 2.03. The Morgan fingerprint density at radius 2 is 2.05 bits per heavy atom. The Morgan fingerprint density at radius 3 is 2.65 bits per heavy atom. The molecule has 0 amide bonds. The predicted molar refractivity (Wildman–Crippen MR) is 71.6 cm³/mol. The second-order valence-corrected chi connectivity index (χ2v) is 4.43. The SMILES string of the molecule is COc1ccc(C2=NN=C(N)CC2C)cc1OC(F)F. The number of ether oxygens (including phenoxy) is 2. The molecule has 0 spiro atoms. The van der Waals surface area contributed by atoms with Gasteiger partial charge in [-0.3, -0.25) is 0 Å². The van der Waals surface area contributed by atoms with Gasteiger partial charge in [-0.2, -0.15) is 13.9 Å². The molecule has 1 atom stereocenters. The molecular weight excluding hydrogens is 268 g/mol. The highest BCUT2D eigenvalue weighted by molar-refractivity contribution is 6.06. The summed E-state index contributed by atoms with van der Waals surface area (Å²) in [5, 5.41) is 7.87. The second-order valence-electron chi connectivity index (χ2n) is 4.43. The predicted octanol–water partition coefficient (Wildman–Crippen LogP) is 2.40. The fraction of sp³-hybridized carbons (Fsp3) is 0.385. The van der Waals surface area contributed by atoms with Crippen LogP contribution in [0.3, 0.4) is 0 Å². The molecule has 1 aliphatic heterocycles. The lowest BCUT2D eigenvalue weighted by Gasteiger charge is -2.18. The van der Waals surface area contributed by atoms with Crippen LogP contribution in [0, 0.1) is 5.92 Å². The highest BCUT2D eigenvalue weighted by atomic mass is 19.3. The first kappa shape index (κ1) is 14.2. The first-order chi connectivity index (χ1) is 9.51. The molecule has 0 radical (unpaired) electrons. The van der Waals surface area contributed by atoms with Crippen molar-refractivity contribution in [3.05, 3.63) is 23.8 Å². The largest absolute Gasteiger partial charge is 0.493 e. The maximum absolute atomic E-state index is 12.4. The molecule has 20 heavy (non-hydrogen) atoms. The van der Waals surface area contributed by atoms with Gasteiger partial charge in [-0.25, -0.2) is 0 Å². The Kier molecular flexibility index (Phi) is 4.16. The number of nitrogens with two attached hydrogens (primary N) is 1. The van der Waals surface area contributed by atoms with Gasteiger partial charge in [0.15, 0.2) is 11.5 Å². The highest BCUT2D eigenvalue weighted by Gasteiger charge is 2.20. The maximum atomic E-state index is 12.4. The van der Waals surface area contributed by atoms with Crippen LogP contribution < -0.4 is 15.2 Å². The lowest BCUT2D eigenvalue weighted by atomic mass is 9.94. The number of halogens is 2. The molecule has 7 heteroatoms. The van der Waals surface area contributed by atoms with Crippen molar-refractivity contribution in [2.24, 2.45) is 21.9 Å². The molecule has 1 unspecified atom stereocenters. The van der Waals surface area contributed by atoms with Gasteiger partial charge in [0.2, 0.25) is 0 Å². The van der Waals surface area contributed by atoms with E-state index in [1.54, 1.807) is 12.1 Å². The third kappa shape index (κ3) is 3.04. The number of methoxy groups -OCH3 is 1. The second kappa shape index (κ2) is 5.85. The van der Waals surface area contributed by atoms with Crippen molar-refractivity contribution >= 4 is 11.5 Å². The van der Waals surface area contributed by atoms with E-state index in [-0.39, 0.29) is 17.4 Å².